The Morgan fingerprint density at radius 2 is 1.95 bits per heavy atom. The highest BCUT2D eigenvalue weighted by Gasteiger charge is 2.30. The minimum atomic E-state index is -4.16. The van der Waals surface area contributed by atoms with Crippen molar-refractivity contribution in [3.05, 3.63) is 39.0 Å². The number of sulfone groups is 1. The molecule has 1 unspecified atom stereocenters. The minimum absolute atomic E-state index is 0.267. The number of aromatic nitrogens is 1. The number of thiazole rings is 1. The van der Waals surface area contributed by atoms with E-state index >= 15 is 0 Å². The predicted octanol–water partition coefficient (Wildman–Crippen LogP) is 3.20. The number of hydrogen-bond acceptors (Lipinski definition) is 10. The van der Waals surface area contributed by atoms with Gasteiger partial charge in [0, 0.05) is 18.0 Å². The maximum absolute atomic E-state index is 12.8. The van der Waals surface area contributed by atoms with Gasteiger partial charge >= 0.3 is 5.97 Å². The van der Waals surface area contributed by atoms with Gasteiger partial charge in [0.15, 0.2) is 14.6 Å². The van der Waals surface area contributed by atoms with Crippen LogP contribution in [0, 0.1) is 5.92 Å². The van der Waals surface area contributed by atoms with E-state index in [9.17, 15) is 22.8 Å². The molecule has 41 heavy (non-hydrogen) atoms. The van der Waals surface area contributed by atoms with Gasteiger partial charge in [0.05, 0.1) is 36.6 Å². The van der Waals surface area contributed by atoms with E-state index in [-0.39, 0.29) is 10.6 Å². The number of carbonyl (C=O) groups excluding carboxylic acids is 3. The minimum Gasteiger partial charge on any atom is -0.497 e. The standard InChI is InChI=1S/C27H33N3O8S3/c1-5-38-11-10-30-19-9-7-17(36-3)13-21(19)40-27(30)29-23(32)15-41(34,35)14-22(31)28-25-24(26(33)37-4)18-8-6-16(2)12-20(18)39-25/h7,9,13,16H,5-6,8,10-12,14-15H2,1-4H3,(H,28,31). The number of anilines is 1. The van der Waals surface area contributed by atoms with E-state index in [1.807, 2.05) is 19.1 Å². The SMILES string of the molecule is CCOCCn1c(=NC(=O)CS(=O)(=O)CC(=O)Nc2sc3c(c2C(=O)OC)CCC(C)C3)sc2cc(OC)ccc21. The summed E-state index contributed by atoms with van der Waals surface area (Å²) in [6, 6.07) is 5.44. The van der Waals surface area contributed by atoms with Crippen LogP contribution in [-0.2, 0) is 48.3 Å². The normalized spacial score (nSPS) is 15.5. The van der Waals surface area contributed by atoms with Crippen LogP contribution in [0.15, 0.2) is 23.2 Å². The number of nitrogens with zero attached hydrogens (tertiary/aromatic N) is 2. The Labute approximate surface area is 246 Å². The van der Waals surface area contributed by atoms with Crippen LogP contribution in [0.25, 0.3) is 10.2 Å². The zero-order valence-electron chi connectivity index (χ0n) is 23.4. The van der Waals surface area contributed by atoms with Crippen molar-refractivity contribution in [2.45, 2.75) is 39.7 Å². The van der Waals surface area contributed by atoms with Crippen LogP contribution in [0.1, 0.15) is 41.1 Å². The number of rotatable bonds is 11. The summed E-state index contributed by atoms with van der Waals surface area (Å²) in [5.74, 6) is -3.10. The van der Waals surface area contributed by atoms with Crippen LogP contribution in [0.4, 0.5) is 5.00 Å². The zero-order chi connectivity index (χ0) is 29.7. The fourth-order valence-corrected chi connectivity index (χ4v) is 8.21. The van der Waals surface area contributed by atoms with Gasteiger partial charge in [-0.1, -0.05) is 18.3 Å². The molecule has 1 aliphatic carbocycles. The van der Waals surface area contributed by atoms with Crippen molar-refractivity contribution in [1.82, 2.24) is 4.57 Å². The van der Waals surface area contributed by atoms with Crippen molar-refractivity contribution >= 4 is 65.5 Å². The van der Waals surface area contributed by atoms with Crippen molar-refractivity contribution in [3.8, 4) is 5.75 Å². The molecule has 4 rings (SSSR count). The number of fused-ring (bicyclic) bond motifs is 2. The Morgan fingerprint density at radius 3 is 2.66 bits per heavy atom. The first kappa shape index (κ1) is 30.9. The van der Waals surface area contributed by atoms with Gasteiger partial charge in [-0.3, -0.25) is 9.59 Å². The van der Waals surface area contributed by atoms with Gasteiger partial charge < -0.3 is 24.1 Å². The van der Waals surface area contributed by atoms with Crippen molar-refractivity contribution < 1.29 is 37.0 Å². The summed E-state index contributed by atoms with van der Waals surface area (Å²) in [6.07, 6.45) is 2.35. The van der Waals surface area contributed by atoms with E-state index < -0.39 is 39.1 Å². The maximum Gasteiger partial charge on any atom is 0.341 e. The van der Waals surface area contributed by atoms with Crippen LogP contribution < -0.4 is 14.9 Å². The van der Waals surface area contributed by atoms with E-state index in [0.29, 0.717) is 42.6 Å². The van der Waals surface area contributed by atoms with Crippen molar-refractivity contribution in [2.24, 2.45) is 10.9 Å². The molecule has 1 N–H and O–H groups in total. The van der Waals surface area contributed by atoms with Gasteiger partial charge in [-0.05, 0) is 55.9 Å². The third kappa shape index (κ3) is 7.42. The molecule has 0 saturated heterocycles. The molecule has 2 amide bonds. The molecule has 2 heterocycles. The molecule has 0 fully saturated rings. The van der Waals surface area contributed by atoms with Crippen LogP contribution in [-0.4, -0.2) is 69.7 Å². The molecule has 0 aliphatic heterocycles. The Hall–Kier alpha value is -3.07. The van der Waals surface area contributed by atoms with Crippen LogP contribution in [0.3, 0.4) is 0 Å². The number of ether oxygens (including phenoxy) is 3. The summed E-state index contributed by atoms with van der Waals surface area (Å²) in [4.78, 5) is 43.4. The second-order valence-electron chi connectivity index (χ2n) is 9.70. The third-order valence-corrected chi connectivity index (χ3v) is 10.2. The number of methoxy groups -OCH3 is 2. The Morgan fingerprint density at radius 1 is 1.17 bits per heavy atom. The van der Waals surface area contributed by atoms with E-state index in [0.717, 1.165) is 33.5 Å². The lowest BCUT2D eigenvalue weighted by Crippen LogP contribution is -2.28. The topological polar surface area (TPSA) is 142 Å². The van der Waals surface area contributed by atoms with E-state index in [2.05, 4.69) is 17.2 Å². The van der Waals surface area contributed by atoms with E-state index in [1.165, 1.54) is 29.8 Å². The average Bonchev–Trinajstić information content (AvgIpc) is 3.43. The summed E-state index contributed by atoms with van der Waals surface area (Å²) in [7, 11) is -1.35. The van der Waals surface area contributed by atoms with Crippen molar-refractivity contribution in [2.75, 3.05) is 44.3 Å². The van der Waals surface area contributed by atoms with Crippen molar-refractivity contribution in [3.63, 3.8) is 0 Å². The second-order valence-corrected chi connectivity index (χ2v) is 13.9. The highest BCUT2D eigenvalue weighted by atomic mass is 32.2. The summed E-state index contributed by atoms with van der Waals surface area (Å²) >= 11 is 2.48. The predicted molar refractivity (Wildman–Crippen MR) is 158 cm³/mol. The lowest BCUT2D eigenvalue weighted by molar-refractivity contribution is -0.115. The van der Waals surface area contributed by atoms with Crippen LogP contribution in [0.5, 0.6) is 5.75 Å². The molecule has 14 heteroatoms. The molecule has 3 aromatic rings. The molecule has 0 radical (unpaired) electrons. The number of nitrogens with one attached hydrogen (secondary N) is 1. The lowest BCUT2D eigenvalue weighted by atomic mass is 9.88. The number of carbonyl (C=O) groups is 3. The molecular weight excluding hydrogens is 591 g/mol. The van der Waals surface area contributed by atoms with Gasteiger partial charge in [-0.2, -0.15) is 4.99 Å². The molecule has 0 saturated carbocycles. The maximum atomic E-state index is 12.8. The number of esters is 1. The smallest absolute Gasteiger partial charge is 0.341 e. The molecule has 1 aromatic carbocycles. The summed E-state index contributed by atoms with van der Waals surface area (Å²) < 4.78 is 43.9. The summed E-state index contributed by atoms with van der Waals surface area (Å²) in [6.45, 7) is 5.31. The molecule has 0 spiro atoms. The first-order valence-electron chi connectivity index (χ1n) is 13.1. The highest BCUT2D eigenvalue weighted by Crippen LogP contribution is 2.40. The molecule has 2 aromatic heterocycles. The molecule has 1 aliphatic rings. The van der Waals surface area contributed by atoms with Crippen LogP contribution in [0.2, 0.25) is 0 Å². The largest absolute Gasteiger partial charge is 0.497 e. The Balaban J connectivity index is 1.51. The number of benzene rings is 1. The zero-order valence-corrected chi connectivity index (χ0v) is 25.8. The van der Waals surface area contributed by atoms with E-state index in [4.69, 9.17) is 14.2 Å². The first-order chi connectivity index (χ1) is 19.5. The van der Waals surface area contributed by atoms with Gasteiger partial charge in [0.25, 0.3) is 5.91 Å². The van der Waals surface area contributed by atoms with Gasteiger partial charge in [0.2, 0.25) is 5.91 Å². The fraction of sp³-hybridized carbons (Fsp3) is 0.481. The lowest BCUT2D eigenvalue weighted by Gasteiger charge is -2.18. The molecular formula is C27H33N3O8S3. The molecule has 1 atom stereocenters. The van der Waals surface area contributed by atoms with Gasteiger partial charge in [0.1, 0.15) is 22.3 Å². The number of thiophene rings is 1. The Bertz CT molecular complexity index is 1630. The molecule has 11 nitrogen and oxygen atoms in total. The Kier molecular flexibility index (Phi) is 10.00. The molecule has 222 valence electrons. The quantitative estimate of drug-likeness (QED) is 0.254. The van der Waals surface area contributed by atoms with Crippen LogP contribution >= 0.6 is 22.7 Å². The summed E-state index contributed by atoms with van der Waals surface area (Å²) in [5.41, 5.74) is 1.92. The van der Waals surface area contributed by atoms with Gasteiger partial charge in [-0.15, -0.1) is 11.3 Å². The second kappa shape index (κ2) is 13.3. The summed E-state index contributed by atoms with van der Waals surface area (Å²) in [5, 5.41) is 2.84. The van der Waals surface area contributed by atoms with E-state index in [1.54, 1.807) is 17.7 Å². The average molecular weight is 624 g/mol. The first-order valence-corrected chi connectivity index (χ1v) is 16.6. The van der Waals surface area contributed by atoms with Gasteiger partial charge in [-0.25, -0.2) is 13.2 Å². The third-order valence-electron chi connectivity index (χ3n) is 6.62. The fourth-order valence-electron chi connectivity index (χ4n) is 4.68. The highest BCUT2D eigenvalue weighted by molar-refractivity contribution is 7.92. The number of hydrogen-bond donors (Lipinski definition) is 1. The van der Waals surface area contributed by atoms with Crippen molar-refractivity contribution in [1.29, 1.82) is 0 Å². The molecule has 0 bridgehead atoms. The monoisotopic (exact) mass is 623 g/mol. The number of amides is 2.